The highest BCUT2D eigenvalue weighted by atomic mass is 16.7. The smallest absolute Gasteiger partial charge is 0.305 e. The van der Waals surface area contributed by atoms with Crippen molar-refractivity contribution in [2.75, 3.05) is 19.9 Å². The first kappa shape index (κ1) is 14.3. The summed E-state index contributed by atoms with van der Waals surface area (Å²) in [6.07, 6.45) is -0.354. The molecule has 20 heavy (non-hydrogen) atoms. The first-order valence-electron chi connectivity index (χ1n) is 6.11. The lowest BCUT2D eigenvalue weighted by Gasteiger charge is -2.15. The number of nitrogens with one attached hydrogen (secondary N) is 1. The van der Waals surface area contributed by atoms with E-state index in [1.807, 2.05) is 0 Å². The van der Waals surface area contributed by atoms with Gasteiger partial charge in [0.25, 0.3) is 0 Å². The first-order chi connectivity index (χ1) is 9.61. The normalized spacial score (nSPS) is 14.1. The van der Waals surface area contributed by atoms with Gasteiger partial charge in [-0.1, -0.05) is 0 Å². The molecule has 7 heteroatoms. The summed E-state index contributed by atoms with van der Waals surface area (Å²) in [5.74, 6) is -0.430. The van der Waals surface area contributed by atoms with E-state index in [2.05, 4.69) is 5.32 Å². The molecular formula is C13H15NO6. The van der Waals surface area contributed by atoms with Crippen LogP contribution in [0.4, 0.5) is 0 Å². The van der Waals surface area contributed by atoms with Crippen LogP contribution in [0.1, 0.15) is 16.8 Å². The van der Waals surface area contributed by atoms with E-state index in [4.69, 9.17) is 19.7 Å². The number of fused-ring (bicyclic) bond motifs is 1. The van der Waals surface area contributed by atoms with E-state index >= 15 is 0 Å². The zero-order valence-electron chi connectivity index (χ0n) is 10.7. The lowest BCUT2D eigenvalue weighted by Crippen LogP contribution is -2.40. The molecule has 1 atom stereocenters. The van der Waals surface area contributed by atoms with Crippen LogP contribution in [0, 0.1) is 0 Å². The molecule has 0 amide bonds. The lowest BCUT2D eigenvalue weighted by atomic mass is 10.0. The maximum absolute atomic E-state index is 12.3. The fourth-order valence-electron chi connectivity index (χ4n) is 1.92. The van der Waals surface area contributed by atoms with Crippen LogP contribution in [0.3, 0.4) is 0 Å². The summed E-state index contributed by atoms with van der Waals surface area (Å²) < 4.78 is 10.3. The van der Waals surface area contributed by atoms with Crippen molar-refractivity contribution in [1.82, 2.24) is 5.32 Å². The van der Waals surface area contributed by atoms with Crippen molar-refractivity contribution in [2.24, 2.45) is 0 Å². The molecule has 0 saturated heterocycles. The second-order valence-corrected chi connectivity index (χ2v) is 4.26. The number of ketones is 1. The van der Waals surface area contributed by atoms with Crippen LogP contribution in [0.15, 0.2) is 18.2 Å². The molecule has 1 heterocycles. The second-order valence-electron chi connectivity index (χ2n) is 4.26. The number of carboxylic acids is 1. The number of hydrogen-bond acceptors (Lipinski definition) is 6. The summed E-state index contributed by atoms with van der Waals surface area (Å²) in [6.45, 7) is 0.0765. The Kier molecular flexibility index (Phi) is 4.54. The standard InChI is InChI=1S/C13H15NO6/c15-4-3-14-9(6-12(16)17)13(18)8-1-2-10-11(5-8)20-7-19-10/h1-2,5,9,14-15H,3-4,6-7H2,(H,16,17). The Morgan fingerprint density at radius 3 is 2.75 bits per heavy atom. The van der Waals surface area contributed by atoms with Gasteiger partial charge in [0.1, 0.15) is 0 Å². The Morgan fingerprint density at radius 1 is 1.30 bits per heavy atom. The van der Waals surface area contributed by atoms with Crippen LogP contribution in [0.25, 0.3) is 0 Å². The minimum atomic E-state index is -1.09. The van der Waals surface area contributed by atoms with Crippen LogP contribution < -0.4 is 14.8 Å². The fourth-order valence-corrected chi connectivity index (χ4v) is 1.92. The quantitative estimate of drug-likeness (QED) is 0.605. The van der Waals surface area contributed by atoms with Crippen molar-refractivity contribution >= 4 is 11.8 Å². The summed E-state index contributed by atoms with van der Waals surface area (Å²) in [7, 11) is 0. The van der Waals surface area contributed by atoms with Gasteiger partial charge in [0.2, 0.25) is 6.79 Å². The second kappa shape index (κ2) is 6.36. The van der Waals surface area contributed by atoms with E-state index < -0.39 is 12.0 Å². The van der Waals surface area contributed by atoms with Gasteiger partial charge in [0.15, 0.2) is 17.3 Å². The molecule has 1 aromatic carbocycles. The van der Waals surface area contributed by atoms with Gasteiger partial charge in [0, 0.05) is 12.1 Å². The molecule has 1 unspecified atom stereocenters. The third kappa shape index (κ3) is 3.25. The SMILES string of the molecule is O=C(O)CC(NCCO)C(=O)c1ccc2c(c1)OCO2. The molecule has 2 rings (SSSR count). The van der Waals surface area contributed by atoms with Gasteiger partial charge in [-0.2, -0.15) is 0 Å². The largest absolute Gasteiger partial charge is 0.481 e. The van der Waals surface area contributed by atoms with Crippen LogP contribution >= 0.6 is 0 Å². The molecule has 3 N–H and O–H groups in total. The molecule has 0 bridgehead atoms. The summed E-state index contributed by atoms with van der Waals surface area (Å²) in [6, 6.07) is 3.81. The molecule has 0 aromatic heterocycles. The molecule has 1 aliphatic heterocycles. The van der Waals surface area contributed by atoms with Gasteiger partial charge < -0.3 is 25.0 Å². The fraction of sp³-hybridized carbons (Fsp3) is 0.385. The lowest BCUT2D eigenvalue weighted by molar-refractivity contribution is -0.137. The highest BCUT2D eigenvalue weighted by molar-refractivity contribution is 6.02. The zero-order chi connectivity index (χ0) is 14.5. The molecular weight excluding hydrogens is 266 g/mol. The van der Waals surface area contributed by atoms with Gasteiger partial charge >= 0.3 is 5.97 Å². The number of carbonyl (C=O) groups excluding carboxylic acids is 1. The van der Waals surface area contributed by atoms with Gasteiger partial charge in [-0.15, -0.1) is 0 Å². The minimum Gasteiger partial charge on any atom is -0.481 e. The molecule has 1 aliphatic rings. The first-order valence-corrected chi connectivity index (χ1v) is 6.11. The average molecular weight is 281 g/mol. The molecule has 7 nitrogen and oxygen atoms in total. The van der Waals surface area contributed by atoms with E-state index in [1.165, 1.54) is 6.07 Å². The average Bonchev–Trinajstić information content (AvgIpc) is 2.89. The van der Waals surface area contributed by atoms with Crippen LogP contribution in [0.5, 0.6) is 11.5 Å². The Labute approximate surface area is 115 Å². The number of aliphatic hydroxyl groups excluding tert-OH is 1. The molecule has 0 spiro atoms. The summed E-state index contributed by atoms with van der Waals surface area (Å²) in [5, 5.41) is 20.3. The van der Waals surface area contributed by atoms with E-state index in [9.17, 15) is 9.59 Å². The van der Waals surface area contributed by atoms with E-state index in [-0.39, 0.29) is 32.1 Å². The molecule has 0 saturated carbocycles. The predicted octanol–water partition coefficient (Wildman–Crippen LogP) is 0.0232. The maximum atomic E-state index is 12.3. The van der Waals surface area contributed by atoms with Gasteiger partial charge in [-0.3, -0.25) is 9.59 Å². The number of benzene rings is 1. The van der Waals surface area contributed by atoms with Crippen molar-refractivity contribution in [3.05, 3.63) is 23.8 Å². The van der Waals surface area contributed by atoms with E-state index in [0.717, 1.165) is 0 Å². The van der Waals surface area contributed by atoms with Crippen LogP contribution in [0.2, 0.25) is 0 Å². The Morgan fingerprint density at radius 2 is 2.05 bits per heavy atom. The number of ether oxygens (including phenoxy) is 2. The van der Waals surface area contributed by atoms with Crippen molar-refractivity contribution in [3.8, 4) is 11.5 Å². The number of aliphatic carboxylic acids is 1. The van der Waals surface area contributed by atoms with E-state index in [1.54, 1.807) is 12.1 Å². The zero-order valence-corrected chi connectivity index (χ0v) is 10.7. The molecule has 0 aliphatic carbocycles. The Hall–Kier alpha value is -2.12. The Bertz CT molecular complexity index is 516. The predicted molar refractivity (Wildman–Crippen MR) is 68.0 cm³/mol. The van der Waals surface area contributed by atoms with Gasteiger partial charge in [-0.05, 0) is 18.2 Å². The Balaban J connectivity index is 2.15. The number of aliphatic hydroxyl groups is 1. The number of carboxylic acid groups (broad SMARTS) is 1. The van der Waals surface area contributed by atoms with Crippen molar-refractivity contribution in [2.45, 2.75) is 12.5 Å². The monoisotopic (exact) mass is 281 g/mol. The summed E-state index contributed by atoms with van der Waals surface area (Å²) in [4.78, 5) is 23.1. The van der Waals surface area contributed by atoms with Gasteiger partial charge in [-0.25, -0.2) is 0 Å². The molecule has 0 fully saturated rings. The molecule has 1 aromatic rings. The minimum absolute atomic E-state index is 0.105. The third-order valence-electron chi connectivity index (χ3n) is 2.85. The third-order valence-corrected chi connectivity index (χ3v) is 2.85. The molecule has 108 valence electrons. The van der Waals surface area contributed by atoms with Gasteiger partial charge in [0.05, 0.1) is 19.1 Å². The van der Waals surface area contributed by atoms with Crippen molar-refractivity contribution < 1.29 is 29.3 Å². The maximum Gasteiger partial charge on any atom is 0.305 e. The molecule has 0 radical (unpaired) electrons. The summed E-state index contributed by atoms with van der Waals surface area (Å²) in [5.41, 5.74) is 0.339. The summed E-state index contributed by atoms with van der Waals surface area (Å²) >= 11 is 0. The van der Waals surface area contributed by atoms with E-state index in [0.29, 0.717) is 17.1 Å². The van der Waals surface area contributed by atoms with Crippen LogP contribution in [-0.2, 0) is 4.79 Å². The number of rotatable bonds is 7. The number of hydrogen-bond donors (Lipinski definition) is 3. The van der Waals surface area contributed by atoms with Crippen molar-refractivity contribution in [3.63, 3.8) is 0 Å². The highest BCUT2D eigenvalue weighted by Gasteiger charge is 2.24. The van der Waals surface area contributed by atoms with Crippen LogP contribution in [-0.4, -0.2) is 48.0 Å². The topological polar surface area (TPSA) is 105 Å². The highest BCUT2D eigenvalue weighted by Crippen LogP contribution is 2.32. The number of carbonyl (C=O) groups is 2. The number of Topliss-reactive ketones (excluding diaryl/α,β-unsaturated/α-hetero) is 1. The van der Waals surface area contributed by atoms with Crippen molar-refractivity contribution in [1.29, 1.82) is 0 Å².